The van der Waals surface area contributed by atoms with Crippen LogP contribution in [0, 0.1) is 6.92 Å². The number of rotatable bonds is 3. The largest absolute Gasteiger partial charge is 0.465 e. The van der Waals surface area contributed by atoms with Crippen molar-refractivity contribution in [1.29, 1.82) is 0 Å². The second-order valence-corrected chi connectivity index (χ2v) is 4.08. The number of hydrogen-bond donors (Lipinski definition) is 1. The normalized spacial score (nSPS) is 17.5. The SMILES string of the molecule is COC(=O)c1cc(CC2(O)CC2)oc1C. The van der Waals surface area contributed by atoms with Crippen LogP contribution >= 0.6 is 0 Å². The smallest absolute Gasteiger partial charge is 0.341 e. The van der Waals surface area contributed by atoms with Gasteiger partial charge in [0.2, 0.25) is 0 Å². The maximum Gasteiger partial charge on any atom is 0.341 e. The van der Waals surface area contributed by atoms with Gasteiger partial charge in [-0.25, -0.2) is 4.79 Å². The first-order valence-corrected chi connectivity index (χ1v) is 4.94. The van der Waals surface area contributed by atoms with Gasteiger partial charge in [0.1, 0.15) is 17.1 Å². The van der Waals surface area contributed by atoms with Crippen LogP contribution in [0.4, 0.5) is 0 Å². The molecule has 0 amide bonds. The highest BCUT2D eigenvalue weighted by atomic mass is 16.5. The third-order valence-electron chi connectivity index (χ3n) is 2.70. The summed E-state index contributed by atoms with van der Waals surface area (Å²) in [6.07, 6.45) is 2.09. The topological polar surface area (TPSA) is 59.7 Å². The Labute approximate surface area is 87.8 Å². The third-order valence-corrected chi connectivity index (χ3v) is 2.70. The van der Waals surface area contributed by atoms with Crippen LogP contribution in [0.2, 0.25) is 0 Å². The van der Waals surface area contributed by atoms with Crippen molar-refractivity contribution in [3.8, 4) is 0 Å². The average molecular weight is 210 g/mol. The molecular weight excluding hydrogens is 196 g/mol. The van der Waals surface area contributed by atoms with Crippen molar-refractivity contribution in [3.63, 3.8) is 0 Å². The summed E-state index contributed by atoms with van der Waals surface area (Å²) in [6, 6.07) is 1.65. The van der Waals surface area contributed by atoms with Crippen LogP contribution in [-0.2, 0) is 11.2 Å². The van der Waals surface area contributed by atoms with Crippen LogP contribution in [0.5, 0.6) is 0 Å². The summed E-state index contributed by atoms with van der Waals surface area (Å²) < 4.78 is 10.0. The highest BCUT2D eigenvalue weighted by molar-refractivity contribution is 5.90. The number of ether oxygens (including phenoxy) is 1. The number of carbonyl (C=O) groups is 1. The third kappa shape index (κ3) is 2.04. The van der Waals surface area contributed by atoms with Crippen molar-refractivity contribution < 1.29 is 19.1 Å². The fourth-order valence-corrected chi connectivity index (χ4v) is 1.59. The van der Waals surface area contributed by atoms with E-state index in [1.165, 1.54) is 7.11 Å². The maximum absolute atomic E-state index is 11.3. The zero-order valence-electron chi connectivity index (χ0n) is 8.87. The molecule has 15 heavy (non-hydrogen) atoms. The van der Waals surface area contributed by atoms with E-state index in [0.717, 1.165) is 12.8 Å². The summed E-state index contributed by atoms with van der Waals surface area (Å²) >= 11 is 0. The van der Waals surface area contributed by atoms with E-state index in [1.54, 1.807) is 13.0 Å². The molecule has 0 unspecified atom stereocenters. The van der Waals surface area contributed by atoms with Gasteiger partial charge >= 0.3 is 5.97 Å². The van der Waals surface area contributed by atoms with Gasteiger partial charge in [-0.3, -0.25) is 0 Å². The number of esters is 1. The highest BCUT2D eigenvalue weighted by Crippen LogP contribution is 2.38. The molecule has 1 aliphatic rings. The van der Waals surface area contributed by atoms with Crippen LogP contribution in [0.1, 0.15) is 34.7 Å². The van der Waals surface area contributed by atoms with Crippen LogP contribution in [-0.4, -0.2) is 23.8 Å². The molecule has 0 atom stereocenters. The van der Waals surface area contributed by atoms with Gasteiger partial charge in [-0.2, -0.15) is 0 Å². The Morgan fingerprint density at radius 1 is 1.67 bits per heavy atom. The Hall–Kier alpha value is -1.29. The van der Waals surface area contributed by atoms with Crippen molar-refractivity contribution in [3.05, 3.63) is 23.2 Å². The molecule has 1 aromatic heterocycles. The number of carbonyl (C=O) groups excluding carboxylic acids is 1. The molecule has 82 valence electrons. The average Bonchev–Trinajstić information content (AvgIpc) is 2.79. The quantitative estimate of drug-likeness (QED) is 0.767. The molecule has 2 rings (SSSR count). The number of aryl methyl sites for hydroxylation is 1. The number of hydrogen-bond acceptors (Lipinski definition) is 4. The van der Waals surface area contributed by atoms with E-state index in [1.807, 2.05) is 0 Å². The minimum atomic E-state index is -0.600. The van der Waals surface area contributed by atoms with Gasteiger partial charge in [0.15, 0.2) is 0 Å². The number of furan rings is 1. The van der Waals surface area contributed by atoms with Crippen LogP contribution in [0.25, 0.3) is 0 Å². The van der Waals surface area contributed by atoms with E-state index in [-0.39, 0.29) is 0 Å². The van der Waals surface area contributed by atoms with Crippen molar-refractivity contribution in [2.45, 2.75) is 31.8 Å². The molecule has 1 saturated carbocycles. The predicted octanol–water partition coefficient (Wildman–Crippen LogP) is 1.44. The lowest BCUT2D eigenvalue weighted by Gasteiger charge is -2.02. The Bertz CT molecular complexity index is 387. The van der Waals surface area contributed by atoms with Gasteiger partial charge in [0, 0.05) is 6.42 Å². The molecule has 1 fully saturated rings. The summed E-state index contributed by atoms with van der Waals surface area (Å²) in [5, 5.41) is 9.70. The van der Waals surface area contributed by atoms with Gasteiger partial charge in [-0.05, 0) is 25.8 Å². The van der Waals surface area contributed by atoms with Crippen molar-refractivity contribution in [2.24, 2.45) is 0 Å². The molecule has 0 saturated heterocycles. The minimum absolute atomic E-state index is 0.398. The van der Waals surface area contributed by atoms with E-state index in [4.69, 9.17) is 4.42 Å². The molecular formula is C11H14O4. The van der Waals surface area contributed by atoms with Crippen molar-refractivity contribution >= 4 is 5.97 Å². The summed E-state index contributed by atoms with van der Waals surface area (Å²) in [6.45, 7) is 1.71. The lowest BCUT2D eigenvalue weighted by atomic mass is 10.1. The first-order valence-electron chi connectivity index (χ1n) is 4.94. The Kier molecular flexibility index (Phi) is 2.31. The molecule has 0 aromatic carbocycles. The van der Waals surface area contributed by atoms with E-state index in [9.17, 15) is 9.90 Å². The first-order chi connectivity index (χ1) is 7.04. The summed E-state index contributed by atoms with van der Waals surface area (Å²) in [5.41, 5.74) is -0.158. The highest BCUT2D eigenvalue weighted by Gasteiger charge is 2.41. The van der Waals surface area contributed by atoms with Crippen molar-refractivity contribution in [1.82, 2.24) is 0 Å². The summed E-state index contributed by atoms with van der Waals surface area (Å²) in [5.74, 6) is 0.791. The molecule has 1 heterocycles. The van der Waals surface area contributed by atoms with E-state index >= 15 is 0 Å². The van der Waals surface area contributed by atoms with Crippen molar-refractivity contribution in [2.75, 3.05) is 7.11 Å². The zero-order valence-corrected chi connectivity index (χ0v) is 8.87. The Morgan fingerprint density at radius 3 is 2.87 bits per heavy atom. The molecule has 0 spiro atoms. The number of aliphatic hydroxyl groups is 1. The second kappa shape index (κ2) is 3.38. The van der Waals surface area contributed by atoms with E-state index in [2.05, 4.69) is 4.74 Å². The molecule has 1 aromatic rings. The monoisotopic (exact) mass is 210 g/mol. The van der Waals surface area contributed by atoms with Crippen LogP contribution in [0.3, 0.4) is 0 Å². The summed E-state index contributed by atoms with van der Waals surface area (Å²) in [4.78, 5) is 11.3. The molecule has 1 N–H and O–H groups in total. The Balaban J connectivity index is 2.17. The second-order valence-electron chi connectivity index (χ2n) is 4.08. The van der Waals surface area contributed by atoms with Crippen LogP contribution < -0.4 is 0 Å². The lowest BCUT2D eigenvalue weighted by Crippen LogP contribution is -2.09. The van der Waals surface area contributed by atoms with E-state index < -0.39 is 11.6 Å². The first kappa shape index (κ1) is 10.2. The fraction of sp³-hybridized carbons (Fsp3) is 0.545. The van der Waals surface area contributed by atoms with Gasteiger partial charge in [0.05, 0.1) is 12.7 Å². The molecule has 0 aliphatic heterocycles. The lowest BCUT2D eigenvalue weighted by molar-refractivity contribution is 0.0599. The van der Waals surface area contributed by atoms with Crippen LogP contribution in [0.15, 0.2) is 10.5 Å². The fourth-order valence-electron chi connectivity index (χ4n) is 1.59. The standard InChI is InChI=1S/C11H14O4/c1-7-9(10(12)14-2)5-8(15-7)6-11(13)3-4-11/h5,13H,3-4,6H2,1-2H3. The number of methoxy groups -OCH3 is 1. The molecule has 4 nitrogen and oxygen atoms in total. The molecule has 1 aliphatic carbocycles. The van der Waals surface area contributed by atoms with E-state index in [0.29, 0.717) is 23.5 Å². The Morgan fingerprint density at radius 2 is 2.33 bits per heavy atom. The maximum atomic E-state index is 11.3. The van der Waals surface area contributed by atoms with Gasteiger partial charge in [0.25, 0.3) is 0 Å². The van der Waals surface area contributed by atoms with Gasteiger partial charge in [-0.1, -0.05) is 0 Å². The molecule has 0 bridgehead atoms. The molecule has 4 heteroatoms. The molecule has 0 radical (unpaired) electrons. The van der Waals surface area contributed by atoms with Gasteiger partial charge < -0.3 is 14.3 Å². The minimum Gasteiger partial charge on any atom is -0.465 e. The zero-order chi connectivity index (χ0) is 11.1. The predicted molar refractivity (Wildman–Crippen MR) is 52.7 cm³/mol. The summed E-state index contributed by atoms with van der Waals surface area (Å²) in [7, 11) is 1.34. The van der Waals surface area contributed by atoms with Gasteiger partial charge in [-0.15, -0.1) is 0 Å².